The van der Waals surface area contributed by atoms with Crippen molar-refractivity contribution in [2.75, 3.05) is 13.2 Å². The van der Waals surface area contributed by atoms with E-state index in [0.29, 0.717) is 12.8 Å². The van der Waals surface area contributed by atoms with Gasteiger partial charge in [-0.25, -0.2) is 0 Å². The number of ether oxygens (including phenoxy) is 2. The second kappa shape index (κ2) is 39.3. The van der Waals surface area contributed by atoms with Gasteiger partial charge in [0.05, 0.1) is 6.61 Å². The molecule has 48 heavy (non-hydrogen) atoms. The number of hydrogen-bond donors (Lipinski definition) is 1. The second-order valence-corrected chi connectivity index (χ2v) is 13.4. The van der Waals surface area contributed by atoms with Gasteiger partial charge in [0.25, 0.3) is 0 Å². The lowest BCUT2D eigenvalue weighted by Crippen LogP contribution is -2.28. The maximum absolute atomic E-state index is 12.2. The van der Waals surface area contributed by atoms with Crippen LogP contribution in [-0.4, -0.2) is 36.4 Å². The molecule has 1 atom stereocenters. The second-order valence-electron chi connectivity index (χ2n) is 13.4. The summed E-state index contributed by atoms with van der Waals surface area (Å²) in [4.78, 5) is 24.3. The van der Waals surface area contributed by atoms with Crippen LogP contribution >= 0.6 is 0 Å². The fourth-order valence-electron chi connectivity index (χ4n) is 5.50. The van der Waals surface area contributed by atoms with Crippen molar-refractivity contribution < 1.29 is 24.2 Å². The first-order valence-electron chi connectivity index (χ1n) is 20.2. The fraction of sp³-hybridized carbons (Fsp3) is 0.767. The highest BCUT2D eigenvalue weighted by Crippen LogP contribution is 2.13. The van der Waals surface area contributed by atoms with Gasteiger partial charge >= 0.3 is 11.9 Å². The standard InChI is InChI=1S/C43H76O5/c1-3-5-7-9-11-13-15-17-19-21-23-25-27-29-31-33-35-37-42(45)47-40-41(39-44)48-43(46)38-36-34-32-30-28-26-24-22-20-18-16-14-12-10-8-6-4-2/h11-14,17-20,41,44H,3-10,15-16,21-40H2,1-2H3/b13-11-,14-12-,19-17-,20-18-/t41-/m0/s1. The van der Waals surface area contributed by atoms with Crippen LogP contribution in [0.3, 0.4) is 0 Å². The van der Waals surface area contributed by atoms with Crippen LogP contribution in [0, 0.1) is 0 Å². The Labute approximate surface area is 297 Å². The van der Waals surface area contributed by atoms with Crippen LogP contribution in [0.5, 0.6) is 0 Å². The lowest BCUT2D eigenvalue weighted by Gasteiger charge is -2.15. The molecule has 0 saturated carbocycles. The molecule has 0 spiro atoms. The van der Waals surface area contributed by atoms with Crippen molar-refractivity contribution in [3.8, 4) is 0 Å². The molecule has 0 unspecified atom stereocenters. The summed E-state index contributed by atoms with van der Waals surface area (Å²) in [5.74, 6) is -0.609. The summed E-state index contributed by atoms with van der Waals surface area (Å²) < 4.78 is 10.6. The van der Waals surface area contributed by atoms with Gasteiger partial charge in [0.15, 0.2) is 6.10 Å². The minimum absolute atomic E-state index is 0.0737. The molecular weight excluding hydrogens is 596 g/mol. The van der Waals surface area contributed by atoms with Crippen molar-refractivity contribution in [3.05, 3.63) is 48.6 Å². The number of aliphatic hydroxyl groups is 1. The van der Waals surface area contributed by atoms with Gasteiger partial charge in [0.2, 0.25) is 0 Å². The van der Waals surface area contributed by atoms with Crippen LogP contribution in [0.2, 0.25) is 0 Å². The van der Waals surface area contributed by atoms with Gasteiger partial charge < -0.3 is 14.6 Å². The number of hydrogen-bond acceptors (Lipinski definition) is 5. The number of carbonyl (C=O) groups is 2. The van der Waals surface area contributed by atoms with E-state index in [1.54, 1.807) is 0 Å². The maximum Gasteiger partial charge on any atom is 0.306 e. The zero-order valence-corrected chi connectivity index (χ0v) is 31.5. The minimum Gasteiger partial charge on any atom is -0.462 e. The van der Waals surface area contributed by atoms with Gasteiger partial charge in [0.1, 0.15) is 6.61 Å². The van der Waals surface area contributed by atoms with E-state index in [0.717, 1.165) is 64.2 Å². The van der Waals surface area contributed by atoms with Crippen molar-refractivity contribution in [2.24, 2.45) is 0 Å². The monoisotopic (exact) mass is 673 g/mol. The Bertz CT molecular complexity index is 812. The molecule has 0 bridgehead atoms. The Kier molecular flexibility index (Phi) is 37.5. The van der Waals surface area contributed by atoms with Gasteiger partial charge in [-0.2, -0.15) is 0 Å². The molecule has 0 aliphatic rings. The molecule has 0 rings (SSSR count). The van der Waals surface area contributed by atoms with Gasteiger partial charge in [-0.3, -0.25) is 9.59 Å². The number of aliphatic hydroxyl groups excluding tert-OH is 1. The smallest absolute Gasteiger partial charge is 0.306 e. The predicted octanol–water partition coefficient (Wildman–Crippen LogP) is 12.6. The molecule has 0 aliphatic carbocycles. The average molecular weight is 673 g/mol. The molecule has 0 radical (unpaired) electrons. The minimum atomic E-state index is -0.779. The molecule has 0 saturated heterocycles. The first kappa shape index (κ1) is 45.9. The van der Waals surface area contributed by atoms with Crippen molar-refractivity contribution >= 4 is 11.9 Å². The molecule has 0 amide bonds. The van der Waals surface area contributed by atoms with E-state index in [-0.39, 0.29) is 25.2 Å². The van der Waals surface area contributed by atoms with E-state index >= 15 is 0 Å². The summed E-state index contributed by atoms with van der Waals surface area (Å²) in [5.41, 5.74) is 0. The molecule has 1 N–H and O–H groups in total. The Morgan fingerprint density at radius 3 is 1.23 bits per heavy atom. The first-order valence-corrected chi connectivity index (χ1v) is 20.2. The third-order valence-corrected chi connectivity index (χ3v) is 8.60. The summed E-state index contributed by atoms with van der Waals surface area (Å²) in [6.07, 6.45) is 48.8. The number of esters is 2. The molecular formula is C43H76O5. The predicted molar refractivity (Wildman–Crippen MR) is 205 cm³/mol. The quantitative estimate of drug-likeness (QED) is 0.0407. The molecule has 0 aromatic rings. The normalized spacial score (nSPS) is 12.6. The summed E-state index contributed by atoms with van der Waals surface area (Å²) in [7, 11) is 0. The molecule has 0 aromatic carbocycles. The van der Waals surface area contributed by atoms with Crippen LogP contribution in [0.15, 0.2) is 48.6 Å². The zero-order valence-electron chi connectivity index (χ0n) is 31.5. The van der Waals surface area contributed by atoms with Crippen molar-refractivity contribution in [1.82, 2.24) is 0 Å². The Morgan fingerprint density at radius 2 is 0.833 bits per heavy atom. The average Bonchev–Trinajstić information content (AvgIpc) is 3.09. The topological polar surface area (TPSA) is 72.8 Å². The third kappa shape index (κ3) is 36.7. The summed E-state index contributed by atoms with van der Waals surface area (Å²) >= 11 is 0. The van der Waals surface area contributed by atoms with Crippen molar-refractivity contribution in [2.45, 2.75) is 200 Å². The maximum atomic E-state index is 12.2. The molecule has 0 aromatic heterocycles. The fourth-order valence-corrected chi connectivity index (χ4v) is 5.50. The first-order chi connectivity index (χ1) is 23.6. The van der Waals surface area contributed by atoms with Crippen molar-refractivity contribution in [3.63, 3.8) is 0 Å². The van der Waals surface area contributed by atoms with Gasteiger partial charge in [-0.1, -0.05) is 152 Å². The Morgan fingerprint density at radius 1 is 0.479 bits per heavy atom. The molecule has 0 aliphatic heterocycles. The largest absolute Gasteiger partial charge is 0.462 e. The van der Waals surface area contributed by atoms with Crippen molar-refractivity contribution in [1.29, 1.82) is 0 Å². The van der Waals surface area contributed by atoms with Crippen LogP contribution in [-0.2, 0) is 19.1 Å². The summed E-state index contributed by atoms with van der Waals surface area (Å²) in [5, 5.41) is 9.56. The lowest BCUT2D eigenvalue weighted by molar-refractivity contribution is -0.161. The van der Waals surface area contributed by atoms with Gasteiger partial charge in [0, 0.05) is 12.8 Å². The summed E-state index contributed by atoms with van der Waals surface area (Å²) in [6, 6.07) is 0. The van der Waals surface area contributed by atoms with Gasteiger partial charge in [-0.05, 0) is 77.0 Å². The lowest BCUT2D eigenvalue weighted by atomic mass is 10.1. The summed E-state index contributed by atoms with van der Waals surface area (Å²) in [6.45, 7) is 4.07. The van der Waals surface area contributed by atoms with E-state index in [1.807, 2.05) is 0 Å². The van der Waals surface area contributed by atoms with Crippen LogP contribution < -0.4 is 0 Å². The van der Waals surface area contributed by atoms with Crippen LogP contribution in [0.4, 0.5) is 0 Å². The third-order valence-electron chi connectivity index (χ3n) is 8.60. The Hall–Kier alpha value is -2.14. The van der Waals surface area contributed by atoms with Crippen LogP contribution in [0.1, 0.15) is 194 Å². The SMILES string of the molecule is CCCCC/C=C\C/C=C\CCCCCCCCCC(=O)OC[C@H](CO)OC(=O)CCCCCCCCC/C=C\C/C=C\CCCCC. The number of allylic oxidation sites excluding steroid dienone is 8. The zero-order chi connectivity index (χ0) is 35.0. The number of rotatable bonds is 36. The number of unbranched alkanes of at least 4 members (excludes halogenated alkanes) is 20. The molecule has 0 heterocycles. The number of carbonyl (C=O) groups excluding carboxylic acids is 2. The molecule has 0 fully saturated rings. The highest BCUT2D eigenvalue weighted by molar-refractivity contribution is 5.70. The molecule has 278 valence electrons. The van der Waals surface area contributed by atoms with E-state index in [1.165, 1.54) is 103 Å². The highest BCUT2D eigenvalue weighted by atomic mass is 16.6. The van der Waals surface area contributed by atoms with E-state index < -0.39 is 6.10 Å². The molecule has 5 nitrogen and oxygen atoms in total. The van der Waals surface area contributed by atoms with E-state index in [4.69, 9.17) is 9.47 Å². The highest BCUT2D eigenvalue weighted by Gasteiger charge is 2.16. The van der Waals surface area contributed by atoms with E-state index in [2.05, 4.69) is 62.5 Å². The Balaban J connectivity index is 3.58. The van der Waals surface area contributed by atoms with Crippen LogP contribution in [0.25, 0.3) is 0 Å². The van der Waals surface area contributed by atoms with Gasteiger partial charge in [-0.15, -0.1) is 0 Å². The molecule has 5 heteroatoms. The van der Waals surface area contributed by atoms with E-state index in [9.17, 15) is 14.7 Å².